The second-order valence-corrected chi connectivity index (χ2v) is 6.06. The van der Waals surface area contributed by atoms with Crippen molar-refractivity contribution in [3.63, 3.8) is 0 Å². The molecule has 3 heteroatoms. The summed E-state index contributed by atoms with van der Waals surface area (Å²) < 4.78 is 0. The smallest absolute Gasteiger partial charge is 0.162 e. The van der Waals surface area contributed by atoms with Crippen molar-refractivity contribution in [1.29, 1.82) is 0 Å². The van der Waals surface area contributed by atoms with E-state index >= 15 is 0 Å². The highest BCUT2D eigenvalue weighted by Gasteiger charge is 2.12. The molecule has 0 aliphatic carbocycles. The molecule has 2 nitrogen and oxygen atoms in total. The lowest BCUT2D eigenvalue weighted by molar-refractivity contribution is 1.18. The first-order valence-corrected chi connectivity index (χ1v) is 8.44. The maximum atomic E-state index is 6.30. The Morgan fingerprint density at radius 2 is 1.12 bits per heavy atom. The summed E-state index contributed by atoms with van der Waals surface area (Å²) in [6, 6.07) is 30.2. The summed E-state index contributed by atoms with van der Waals surface area (Å²) in [5.74, 6) is 0.630. The van der Waals surface area contributed by atoms with Crippen molar-refractivity contribution >= 4 is 11.6 Å². The summed E-state index contributed by atoms with van der Waals surface area (Å²) in [5, 5.41) is 0.437. The zero-order valence-electron chi connectivity index (χ0n) is 13.4. The molecular weight excluding hydrogens is 328 g/mol. The van der Waals surface area contributed by atoms with Crippen LogP contribution in [0.15, 0.2) is 91.0 Å². The average Bonchev–Trinajstić information content (AvgIpc) is 2.69. The molecule has 0 radical (unpaired) electrons. The Hall–Kier alpha value is -2.97. The van der Waals surface area contributed by atoms with E-state index in [4.69, 9.17) is 16.6 Å². The molecule has 120 valence electrons. The highest BCUT2D eigenvalue weighted by Crippen LogP contribution is 2.32. The van der Waals surface area contributed by atoms with Gasteiger partial charge in [-0.25, -0.2) is 9.97 Å². The Morgan fingerprint density at radius 3 is 1.80 bits per heavy atom. The second kappa shape index (κ2) is 6.88. The van der Waals surface area contributed by atoms with E-state index in [2.05, 4.69) is 23.2 Å². The van der Waals surface area contributed by atoms with Crippen molar-refractivity contribution < 1.29 is 0 Å². The molecule has 0 saturated heterocycles. The van der Waals surface area contributed by atoms with Crippen LogP contribution < -0.4 is 0 Å². The summed E-state index contributed by atoms with van der Waals surface area (Å²) in [5.41, 5.74) is 5.02. The Kier molecular flexibility index (Phi) is 4.28. The number of nitrogens with zero attached hydrogens (tertiary/aromatic N) is 2. The molecule has 1 aromatic heterocycles. The van der Waals surface area contributed by atoms with Crippen LogP contribution >= 0.6 is 11.6 Å². The fourth-order valence-electron chi connectivity index (χ4n) is 2.84. The maximum absolute atomic E-state index is 6.30. The van der Waals surface area contributed by atoms with Crippen LogP contribution in [0.25, 0.3) is 33.8 Å². The molecule has 0 unspecified atom stereocenters. The molecule has 0 spiro atoms. The largest absolute Gasteiger partial charge is 0.228 e. The van der Waals surface area contributed by atoms with Gasteiger partial charge in [-0.15, -0.1) is 0 Å². The minimum absolute atomic E-state index is 0.437. The molecule has 0 atom stereocenters. The third-order valence-corrected chi connectivity index (χ3v) is 4.21. The molecule has 0 aliphatic rings. The number of hydrogen-bond donors (Lipinski definition) is 0. The van der Waals surface area contributed by atoms with Gasteiger partial charge >= 0.3 is 0 Å². The Morgan fingerprint density at radius 1 is 0.560 bits per heavy atom. The second-order valence-electron chi connectivity index (χ2n) is 5.68. The minimum Gasteiger partial charge on any atom is -0.228 e. The highest BCUT2D eigenvalue weighted by molar-refractivity contribution is 6.29. The first-order chi connectivity index (χ1) is 12.3. The van der Waals surface area contributed by atoms with Gasteiger partial charge in [0.1, 0.15) is 5.15 Å². The molecule has 0 aliphatic heterocycles. The van der Waals surface area contributed by atoms with Gasteiger partial charge < -0.3 is 0 Å². The van der Waals surface area contributed by atoms with Crippen molar-refractivity contribution in [2.24, 2.45) is 0 Å². The Labute approximate surface area is 151 Å². The number of hydrogen-bond acceptors (Lipinski definition) is 2. The third-order valence-electron chi connectivity index (χ3n) is 4.02. The monoisotopic (exact) mass is 342 g/mol. The lowest BCUT2D eigenvalue weighted by atomic mass is 9.99. The van der Waals surface area contributed by atoms with Crippen molar-refractivity contribution in [1.82, 2.24) is 9.97 Å². The molecular formula is C22H15ClN2. The standard InChI is InChI=1S/C22H15ClN2/c23-21-15-20(17-11-5-2-6-12-17)24-22(25-21)19-14-8-7-13-18(19)16-9-3-1-4-10-16/h1-15H. The molecule has 4 aromatic rings. The van der Waals surface area contributed by atoms with Gasteiger partial charge in [-0.2, -0.15) is 0 Å². The zero-order valence-corrected chi connectivity index (χ0v) is 14.2. The molecule has 0 saturated carbocycles. The van der Waals surface area contributed by atoms with Crippen LogP contribution in [-0.2, 0) is 0 Å². The van der Waals surface area contributed by atoms with Crippen LogP contribution in [0.2, 0.25) is 5.15 Å². The van der Waals surface area contributed by atoms with E-state index in [1.165, 1.54) is 0 Å². The summed E-state index contributed by atoms with van der Waals surface area (Å²) in [4.78, 5) is 9.23. The quantitative estimate of drug-likeness (QED) is 0.418. The topological polar surface area (TPSA) is 25.8 Å². The van der Waals surface area contributed by atoms with Gasteiger partial charge in [0, 0.05) is 17.2 Å². The van der Waals surface area contributed by atoms with E-state index in [1.54, 1.807) is 6.07 Å². The van der Waals surface area contributed by atoms with Crippen LogP contribution in [0.1, 0.15) is 0 Å². The highest BCUT2D eigenvalue weighted by atomic mass is 35.5. The van der Waals surface area contributed by atoms with Crippen molar-refractivity contribution in [2.75, 3.05) is 0 Å². The van der Waals surface area contributed by atoms with Gasteiger partial charge in [-0.3, -0.25) is 0 Å². The average molecular weight is 343 g/mol. The van der Waals surface area contributed by atoms with Gasteiger partial charge in [0.2, 0.25) is 0 Å². The van der Waals surface area contributed by atoms with Crippen LogP contribution in [0, 0.1) is 0 Å². The summed E-state index contributed by atoms with van der Waals surface area (Å²) in [7, 11) is 0. The van der Waals surface area contributed by atoms with E-state index in [0.29, 0.717) is 11.0 Å². The van der Waals surface area contributed by atoms with E-state index in [9.17, 15) is 0 Å². The lowest BCUT2D eigenvalue weighted by Crippen LogP contribution is -1.95. The molecule has 4 rings (SSSR count). The van der Waals surface area contributed by atoms with Crippen LogP contribution in [0.5, 0.6) is 0 Å². The van der Waals surface area contributed by atoms with E-state index in [1.807, 2.05) is 66.7 Å². The van der Waals surface area contributed by atoms with E-state index in [0.717, 1.165) is 27.9 Å². The predicted octanol–water partition coefficient (Wildman–Crippen LogP) is 6.13. The summed E-state index contributed by atoms with van der Waals surface area (Å²) in [6.07, 6.45) is 0. The molecule has 0 bridgehead atoms. The fourth-order valence-corrected chi connectivity index (χ4v) is 3.03. The first-order valence-electron chi connectivity index (χ1n) is 8.06. The molecule has 0 amide bonds. The lowest BCUT2D eigenvalue weighted by Gasteiger charge is -2.10. The van der Waals surface area contributed by atoms with Crippen LogP contribution in [-0.4, -0.2) is 9.97 Å². The van der Waals surface area contributed by atoms with Crippen molar-refractivity contribution in [3.8, 4) is 33.8 Å². The predicted molar refractivity (Wildman–Crippen MR) is 103 cm³/mol. The molecule has 0 N–H and O–H groups in total. The van der Waals surface area contributed by atoms with Gasteiger partial charge in [-0.05, 0) is 11.1 Å². The SMILES string of the molecule is Clc1cc(-c2ccccc2)nc(-c2ccccc2-c2ccccc2)n1. The number of rotatable bonds is 3. The fraction of sp³-hybridized carbons (Fsp3) is 0. The van der Waals surface area contributed by atoms with Crippen molar-refractivity contribution in [3.05, 3.63) is 96.1 Å². The van der Waals surface area contributed by atoms with E-state index in [-0.39, 0.29) is 0 Å². The Balaban J connectivity index is 1.88. The zero-order chi connectivity index (χ0) is 17.1. The maximum Gasteiger partial charge on any atom is 0.162 e. The minimum atomic E-state index is 0.437. The van der Waals surface area contributed by atoms with Gasteiger partial charge in [0.15, 0.2) is 5.82 Å². The van der Waals surface area contributed by atoms with Gasteiger partial charge in [-0.1, -0.05) is 96.5 Å². The molecule has 0 fully saturated rings. The van der Waals surface area contributed by atoms with Gasteiger partial charge in [0.25, 0.3) is 0 Å². The van der Waals surface area contributed by atoms with Crippen LogP contribution in [0.3, 0.4) is 0 Å². The molecule has 25 heavy (non-hydrogen) atoms. The number of halogens is 1. The Bertz CT molecular complexity index is 999. The van der Waals surface area contributed by atoms with Gasteiger partial charge in [0.05, 0.1) is 5.69 Å². The normalized spacial score (nSPS) is 10.6. The first kappa shape index (κ1) is 15.6. The van der Waals surface area contributed by atoms with E-state index < -0.39 is 0 Å². The number of benzene rings is 3. The molecule has 1 heterocycles. The summed E-state index contributed by atoms with van der Waals surface area (Å²) in [6.45, 7) is 0. The van der Waals surface area contributed by atoms with Crippen molar-refractivity contribution in [2.45, 2.75) is 0 Å². The molecule has 3 aromatic carbocycles. The number of aromatic nitrogens is 2. The van der Waals surface area contributed by atoms with Crippen LogP contribution in [0.4, 0.5) is 0 Å². The third kappa shape index (κ3) is 3.30. The summed E-state index contributed by atoms with van der Waals surface area (Å²) >= 11 is 6.30.